The van der Waals surface area contributed by atoms with Crippen molar-refractivity contribution < 1.29 is 13.2 Å². The molecule has 0 atom stereocenters. The van der Waals surface area contributed by atoms with Crippen LogP contribution in [0.5, 0.6) is 0 Å². The Kier molecular flexibility index (Phi) is 4.19. The van der Waals surface area contributed by atoms with Crippen molar-refractivity contribution in [2.45, 2.75) is 57.8 Å². The molecule has 6 heteroatoms. The largest absolute Gasteiger partial charge is 0.405 e. The van der Waals surface area contributed by atoms with Crippen LogP contribution in [0, 0.1) is 0 Å². The Bertz CT molecular complexity index is 502. The second-order valence-electron chi connectivity index (χ2n) is 6.65. The molecular formula is C15H22F3N3. The summed E-state index contributed by atoms with van der Waals surface area (Å²) < 4.78 is 38.4. The molecule has 1 aliphatic rings. The summed E-state index contributed by atoms with van der Waals surface area (Å²) in [4.78, 5) is 5.84. The van der Waals surface area contributed by atoms with E-state index in [4.69, 9.17) is 5.73 Å². The van der Waals surface area contributed by atoms with Gasteiger partial charge in [-0.05, 0) is 30.5 Å². The highest BCUT2D eigenvalue weighted by Crippen LogP contribution is 2.35. The van der Waals surface area contributed by atoms with Crippen molar-refractivity contribution in [2.75, 3.05) is 11.4 Å². The minimum atomic E-state index is -4.23. The van der Waals surface area contributed by atoms with Gasteiger partial charge in [-0.15, -0.1) is 0 Å². The first-order valence-electron chi connectivity index (χ1n) is 7.15. The Balaban J connectivity index is 2.39. The van der Waals surface area contributed by atoms with E-state index in [9.17, 15) is 13.2 Å². The van der Waals surface area contributed by atoms with Gasteiger partial charge >= 0.3 is 6.18 Å². The van der Waals surface area contributed by atoms with E-state index in [2.05, 4.69) is 4.98 Å². The quantitative estimate of drug-likeness (QED) is 0.927. The highest BCUT2D eigenvalue weighted by molar-refractivity contribution is 5.46. The molecule has 21 heavy (non-hydrogen) atoms. The monoisotopic (exact) mass is 301 g/mol. The molecule has 0 radical (unpaired) electrons. The van der Waals surface area contributed by atoms with Crippen LogP contribution in [-0.4, -0.2) is 23.7 Å². The third kappa shape index (κ3) is 4.33. The SMILES string of the molecule is CC(C)(C)c1cc(CN)cc(N(CC(F)(F)F)C2CC2)n1. The number of alkyl halides is 3. The first-order valence-corrected chi connectivity index (χ1v) is 7.15. The number of aromatic nitrogens is 1. The topological polar surface area (TPSA) is 42.1 Å². The number of hydrogen-bond acceptors (Lipinski definition) is 3. The zero-order valence-corrected chi connectivity index (χ0v) is 12.7. The second kappa shape index (κ2) is 5.48. The normalized spacial score (nSPS) is 16.1. The average molecular weight is 301 g/mol. The molecule has 1 heterocycles. The molecule has 1 aromatic rings. The van der Waals surface area contributed by atoms with E-state index in [1.165, 1.54) is 4.90 Å². The lowest BCUT2D eigenvalue weighted by Crippen LogP contribution is -2.37. The number of rotatable bonds is 4. The van der Waals surface area contributed by atoms with Gasteiger partial charge in [-0.2, -0.15) is 13.2 Å². The predicted molar refractivity (Wildman–Crippen MR) is 77.3 cm³/mol. The molecule has 0 aromatic carbocycles. The predicted octanol–water partition coefficient (Wildman–Crippen LogP) is 3.37. The third-order valence-electron chi connectivity index (χ3n) is 3.51. The van der Waals surface area contributed by atoms with Gasteiger partial charge < -0.3 is 10.6 Å². The molecule has 118 valence electrons. The average Bonchev–Trinajstić information content (AvgIpc) is 3.17. The van der Waals surface area contributed by atoms with Gasteiger partial charge in [0.1, 0.15) is 12.4 Å². The van der Waals surface area contributed by atoms with Crippen molar-refractivity contribution in [3.8, 4) is 0 Å². The molecule has 1 fully saturated rings. The molecule has 1 aromatic heterocycles. The Morgan fingerprint density at radius 2 is 1.86 bits per heavy atom. The van der Waals surface area contributed by atoms with Gasteiger partial charge in [0.05, 0.1) is 0 Å². The van der Waals surface area contributed by atoms with Crippen LogP contribution >= 0.6 is 0 Å². The highest BCUT2D eigenvalue weighted by Gasteiger charge is 2.39. The number of nitrogens with two attached hydrogens (primary N) is 1. The van der Waals surface area contributed by atoms with E-state index in [-0.39, 0.29) is 11.5 Å². The van der Waals surface area contributed by atoms with Crippen LogP contribution in [0.4, 0.5) is 19.0 Å². The van der Waals surface area contributed by atoms with E-state index >= 15 is 0 Å². The second-order valence-corrected chi connectivity index (χ2v) is 6.65. The van der Waals surface area contributed by atoms with Crippen LogP contribution in [0.15, 0.2) is 12.1 Å². The van der Waals surface area contributed by atoms with E-state index in [1.807, 2.05) is 26.8 Å². The molecule has 0 bridgehead atoms. The number of nitrogens with zero attached hydrogens (tertiary/aromatic N) is 2. The molecule has 2 rings (SSSR count). The molecule has 0 saturated heterocycles. The Morgan fingerprint density at radius 3 is 2.29 bits per heavy atom. The van der Waals surface area contributed by atoms with Crippen molar-refractivity contribution >= 4 is 5.82 Å². The zero-order chi connectivity index (χ0) is 15.8. The summed E-state index contributed by atoms with van der Waals surface area (Å²) in [5, 5.41) is 0. The first-order chi connectivity index (χ1) is 9.60. The Morgan fingerprint density at radius 1 is 1.24 bits per heavy atom. The Labute approximate surface area is 123 Å². The first kappa shape index (κ1) is 16.1. The summed E-state index contributed by atoms with van der Waals surface area (Å²) in [7, 11) is 0. The van der Waals surface area contributed by atoms with Crippen LogP contribution in [-0.2, 0) is 12.0 Å². The lowest BCUT2D eigenvalue weighted by Gasteiger charge is -2.27. The maximum absolute atomic E-state index is 12.8. The molecular weight excluding hydrogens is 279 g/mol. The maximum atomic E-state index is 12.8. The van der Waals surface area contributed by atoms with Crippen LogP contribution in [0.1, 0.15) is 44.9 Å². The van der Waals surface area contributed by atoms with Crippen molar-refractivity contribution in [1.29, 1.82) is 0 Å². The number of hydrogen-bond donors (Lipinski definition) is 1. The molecule has 0 aliphatic heterocycles. The number of anilines is 1. The van der Waals surface area contributed by atoms with E-state index in [0.717, 1.165) is 24.1 Å². The van der Waals surface area contributed by atoms with Crippen molar-refractivity contribution in [2.24, 2.45) is 5.73 Å². The molecule has 0 spiro atoms. The summed E-state index contributed by atoms with van der Waals surface area (Å²) in [5.74, 6) is 0.391. The standard InChI is InChI=1S/C15H22F3N3/c1-14(2,3)12-6-10(8-19)7-13(20-12)21(11-4-5-11)9-15(16,17)18/h6-7,11H,4-5,8-9,19H2,1-3H3. The van der Waals surface area contributed by atoms with E-state index in [0.29, 0.717) is 12.4 Å². The van der Waals surface area contributed by atoms with Crippen LogP contribution in [0.3, 0.4) is 0 Å². The van der Waals surface area contributed by atoms with Crippen LogP contribution in [0.2, 0.25) is 0 Å². The fraction of sp³-hybridized carbons (Fsp3) is 0.667. The summed E-state index contributed by atoms with van der Waals surface area (Å²) in [5.41, 5.74) is 7.04. The molecule has 2 N–H and O–H groups in total. The van der Waals surface area contributed by atoms with E-state index in [1.54, 1.807) is 6.07 Å². The molecule has 0 unspecified atom stereocenters. The van der Waals surface area contributed by atoms with Crippen molar-refractivity contribution in [3.63, 3.8) is 0 Å². The van der Waals surface area contributed by atoms with Crippen LogP contribution in [0.25, 0.3) is 0 Å². The Hall–Kier alpha value is -1.30. The molecule has 0 amide bonds. The van der Waals surface area contributed by atoms with Gasteiger partial charge in [0, 0.05) is 23.7 Å². The summed E-state index contributed by atoms with van der Waals surface area (Å²) >= 11 is 0. The summed E-state index contributed by atoms with van der Waals surface area (Å²) in [6.45, 7) is 5.31. The van der Waals surface area contributed by atoms with Gasteiger partial charge in [-0.1, -0.05) is 20.8 Å². The fourth-order valence-electron chi connectivity index (χ4n) is 2.20. The smallest absolute Gasteiger partial charge is 0.345 e. The van der Waals surface area contributed by atoms with Gasteiger partial charge in [0.25, 0.3) is 0 Å². The van der Waals surface area contributed by atoms with Gasteiger partial charge in [0.2, 0.25) is 0 Å². The summed E-state index contributed by atoms with van der Waals surface area (Å²) in [6, 6.07) is 3.50. The molecule has 3 nitrogen and oxygen atoms in total. The number of halogens is 3. The van der Waals surface area contributed by atoms with Crippen LogP contribution < -0.4 is 10.6 Å². The van der Waals surface area contributed by atoms with Gasteiger partial charge in [0.15, 0.2) is 0 Å². The highest BCUT2D eigenvalue weighted by atomic mass is 19.4. The van der Waals surface area contributed by atoms with Crippen molar-refractivity contribution in [3.05, 3.63) is 23.4 Å². The fourth-order valence-corrected chi connectivity index (χ4v) is 2.20. The molecule has 1 saturated carbocycles. The van der Waals surface area contributed by atoms with Gasteiger partial charge in [-0.25, -0.2) is 4.98 Å². The summed E-state index contributed by atoms with van der Waals surface area (Å²) in [6.07, 6.45) is -2.66. The zero-order valence-electron chi connectivity index (χ0n) is 12.7. The lowest BCUT2D eigenvalue weighted by atomic mass is 9.90. The molecule has 1 aliphatic carbocycles. The maximum Gasteiger partial charge on any atom is 0.405 e. The third-order valence-corrected chi connectivity index (χ3v) is 3.51. The minimum Gasteiger partial charge on any atom is -0.345 e. The lowest BCUT2D eigenvalue weighted by molar-refractivity contribution is -0.120. The van der Waals surface area contributed by atoms with E-state index < -0.39 is 12.7 Å². The van der Waals surface area contributed by atoms with Crippen molar-refractivity contribution in [1.82, 2.24) is 4.98 Å². The number of pyridine rings is 1. The minimum absolute atomic E-state index is 0.0556. The van der Waals surface area contributed by atoms with Gasteiger partial charge in [-0.3, -0.25) is 0 Å².